The van der Waals surface area contributed by atoms with Crippen LogP contribution in [0.15, 0.2) is 24.3 Å². The Labute approximate surface area is 99.7 Å². The molecule has 0 bridgehead atoms. The molecule has 16 heavy (non-hydrogen) atoms. The topological polar surface area (TPSA) is 15.3 Å². The molecular formula is C14H24N2. The minimum Gasteiger partial charge on any atom is -0.309 e. The molecule has 2 nitrogen and oxygen atoms in total. The Hall–Kier alpha value is -0.860. The number of aryl methyl sites for hydroxylation is 1. The SMILES string of the molecule is CCNC(CN(C)CC)c1ccccc1C. The molecule has 0 aliphatic carbocycles. The average molecular weight is 220 g/mol. The quantitative estimate of drug-likeness (QED) is 0.792. The standard InChI is InChI=1S/C14H24N2/c1-5-15-14(11-16(4)6-2)13-10-8-7-9-12(13)3/h7-10,14-15H,5-6,11H2,1-4H3. The summed E-state index contributed by atoms with van der Waals surface area (Å²) in [5.41, 5.74) is 2.79. The molecule has 0 aliphatic heterocycles. The van der Waals surface area contributed by atoms with Crippen molar-refractivity contribution in [2.24, 2.45) is 0 Å². The molecule has 0 aromatic heterocycles. The summed E-state index contributed by atoms with van der Waals surface area (Å²) in [7, 11) is 2.17. The van der Waals surface area contributed by atoms with Gasteiger partial charge in [-0.1, -0.05) is 38.1 Å². The van der Waals surface area contributed by atoms with E-state index < -0.39 is 0 Å². The van der Waals surface area contributed by atoms with Crippen LogP contribution in [0.5, 0.6) is 0 Å². The van der Waals surface area contributed by atoms with E-state index in [1.807, 2.05) is 0 Å². The summed E-state index contributed by atoms with van der Waals surface area (Å²) in [5, 5.41) is 3.56. The highest BCUT2D eigenvalue weighted by Gasteiger charge is 2.13. The minimum atomic E-state index is 0.441. The molecule has 0 heterocycles. The Balaban J connectivity index is 2.80. The maximum Gasteiger partial charge on any atom is 0.0451 e. The van der Waals surface area contributed by atoms with Crippen LogP contribution in [-0.4, -0.2) is 31.6 Å². The number of hydrogen-bond donors (Lipinski definition) is 1. The summed E-state index contributed by atoms with van der Waals surface area (Å²) in [6.45, 7) is 9.71. The molecule has 0 saturated carbocycles. The summed E-state index contributed by atoms with van der Waals surface area (Å²) < 4.78 is 0. The molecule has 1 rings (SSSR count). The van der Waals surface area contributed by atoms with E-state index in [4.69, 9.17) is 0 Å². The number of hydrogen-bond acceptors (Lipinski definition) is 2. The molecule has 1 aromatic rings. The second kappa shape index (κ2) is 6.66. The molecule has 1 aromatic carbocycles. The van der Waals surface area contributed by atoms with E-state index >= 15 is 0 Å². The molecule has 1 N–H and O–H groups in total. The van der Waals surface area contributed by atoms with Crippen molar-refractivity contribution >= 4 is 0 Å². The van der Waals surface area contributed by atoms with Gasteiger partial charge in [-0.3, -0.25) is 0 Å². The summed E-state index contributed by atoms with van der Waals surface area (Å²) >= 11 is 0. The lowest BCUT2D eigenvalue weighted by atomic mass is 10.0. The Morgan fingerprint density at radius 1 is 1.25 bits per heavy atom. The van der Waals surface area contributed by atoms with Crippen LogP contribution in [0.3, 0.4) is 0 Å². The fourth-order valence-electron chi connectivity index (χ4n) is 1.94. The van der Waals surface area contributed by atoms with E-state index in [0.29, 0.717) is 6.04 Å². The Kier molecular flexibility index (Phi) is 5.50. The van der Waals surface area contributed by atoms with Crippen molar-refractivity contribution in [3.05, 3.63) is 35.4 Å². The van der Waals surface area contributed by atoms with Gasteiger partial charge in [0.1, 0.15) is 0 Å². The molecule has 0 fully saturated rings. The summed E-state index contributed by atoms with van der Waals surface area (Å²) in [6, 6.07) is 9.08. The van der Waals surface area contributed by atoms with Crippen LogP contribution in [0.25, 0.3) is 0 Å². The predicted octanol–water partition coefficient (Wildman–Crippen LogP) is 2.60. The summed E-state index contributed by atoms with van der Waals surface area (Å²) in [6.07, 6.45) is 0. The highest BCUT2D eigenvalue weighted by molar-refractivity contribution is 5.29. The Morgan fingerprint density at radius 3 is 2.50 bits per heavy atom. The van der Waals surface area contributed by atoms with E-state index in [0.717, 1.165) is 19.6 Å². The number of nitrogens with zero attached hydrogens (tertiary/aromatic N) is 1. The number of rotatable bonds is 6. The van der Waals surface area contributed by atoms with Gasteiger partial charge in [-0.2, -0.15) is 0 Å². The Bertz CT molecular complexity index is 309. The number of nitrogens with one attached hydrogen (secondary N) is 1. The maximum atomic E-state index is 3.56. The van der Waals surface area contributed by atoms with Crippen molar-refractivity contribution in [1.82, 2.24) is 10.2 Å². The van der Waals surface area contributed by atoms with E-state index in [-0.39, 0.29) is 0 Å². The van der Waals surface area contributed by atoms with Gasteiger partial charge in [0.25, 0.3) is 0 Å². The summed E-state index contributed by atoms with van der Waals surface area (Å²) in [4.78, 5) is 2.35. The molecule has 0 saturated heterocycles. The fourth-order valence-corrected chi connectivity index (χ4v) is 1.94. The van der Waals surface area contributed by atoms with Gasteiger partial charge in [-0.25, -0.2) is 0 Å². The van der Waals surface area contributed by atoms with Gasteiger partial charge < -0.3 is 10.2 Å². The molecular weight excluding hydrogens is 196 g/mol. The van der Waals surface area contributed by atoms with Crippen molar-refractivity contribution in [3.8, 4) is 0 Å². The third kappa shape index (κ3) is 3.62. The first-order valence-corrected chi connectivity index (χ1v) is 6.16. The molecule has 0 aliphatic rings. The number of benzene rings is 1. The van der Waals surface area contributed by atoms with E-state index in [2.05, 4.69) is 62.3 Å². The fraction of sp³-hybridized carbons (Fsp3) is 0.571. The van der Waals surface area contributed by atoms with Gasteiger partial charge in [-0.15, -0.1) is 0 Å². The zero-order chi connectivity index (χ0) is 12.0. The maximum absolute atomic E-state index is 3.56. The van der Waals surface area contributed by atoms with Crippen LogP contribution in [0, 0.1) is 6.92 Å². The molecule has 0 spiro atoms. The van der Waals surface area contributed by atoms with Gasteiger partial charge in [0.05, 0.1) is 0 Å². The first-order valence-electron chi connectivity index (χ1n) is 6.16. The molecule has 0 amide bonds. The van der Waals surface area contributed by atoms with Crippen molar-refractivity contribution in [2.75, 3.05) is 26.7 Å². The highest BCUT2D eigenvalue weighted by Crippen LogP contribution is 2.18. The van der Waals surface area contributed by atoms with Crippen molar-refractivity contribution in [1.29, 1.82) is 0 Å². The van der Waals surface area contributed by atoms with Gasteiger partial charge in [0, 0.05) is 12.6 Å². The van der Waals surface area contributed by atoms with Gasteiger partial charge >= 0.3 is 0 Å². The van der Waals surface area contributed by atoms with Crippen LogP contribution >= 0.6 is 0 Å². The predicted molar refractivity (Wildman–Crippen MR) is 70.8 cm³/mol. The third-order valence-corrected chi connectivity index (χ3v) is 3.05. The first-order chi connectivity index (χ1) is 7.69. The zero-order valence-electron chi connectivity index (χ0n) is 11.0. The van der Waals surface area contributed by atoms with E-state index in [1.165, 1.54) is 11.1 Å². The van der Waals surface area contributed by atoms with Crippen molar-refractivity contribution in [3.63, 3.8) is 0 Å². The van der Waals surface area contributed by atoms with Gasteiger partial charge in [-0.05, 0) is 38.2 Å². The molecule has 2 heteroatoms. The largest absolute Gasteiger partial charge is 0.309 e. The van der Waals surface area contributed by atoms with Gasteiger partial charge in [0.2, 0.25) is 0 Å². The second-order valence-electron chi connectivity index (χ2n) is 4.32. The van der Waals surface area contributed by atoms with Crippen LogP contribution in [0.2, 0.25) is 0 Å². The molecule has 0 radical (unpaired) electrons. The monoisotopic (exact) mass is 220 g/mol. The van der Waals surface area contributed by atoms with Crippen molar-refractivity contribution < 1.29 is 0 Å². The Morgan fingerprint density at radius 2 is 1.94 bits per heavy atom. The lowest BCUT2D eigenvalue weighted by molar-refractivity contribution is 0.305. The third-order valence-electron chi connectivity index (χ3n) is 3.05. The zero-order valence-corrected chi connectivity index (χ0v) is 11.0. The normalized spacial score (nSPS) is 13.1. The molecule has 90 valence electrons. The summed E-state index contributed by atoms with van der Waals surface area (Å²) in [5.74, 6) is 0. The van der Waals surface area contributed by atoms with Crippen LogP contribution in [-0.2, 0) is 0 Å². The molecule has 1 unspecified atom stereocenters. The van der Waals surface area contributed by atoms with Crippen LogP contribution in [0.1, 0.15) is 31.0 Å². The van der Waals surface area contributed by atoms with Crippen LogP contribution < -0.4 is 5.32 Å². The lowest BCUT2D eigenvalue weighted by Crippen LogP contribution is -2.33. The molecule has 1 atom stereocenters. The average Bonchev–Trinajstić information content (AvgIpc) is 2.29. The minimum absolute atomic E-state index is 0.441. The highest BCUT2D eigenvalue weighted by atomic mass is 15.1. The van der Waals surface area contributed by atoms with Crippen LogP contribution in [0.4, 0.5) is 0 Å². The second-order valence-corrected chi connectivity index (χ2v) is 4.32. The first kappa shape index (κ1) is 13.2. The lowest BCUT2D eigenvalue weighted by Gasteiger charge is -2.25. The van der Waals surface area contributed by atoms with E-state index in [1.54, 1.807) is 0 Å². The number of likely N-dealkylation sites (N-methyl/N-ethyl adjacent to an activating group) is 2. The smallest absolute Gasteiger partial charge is 0.0451 e. The van der Waals surface area contributed by atoms with Crippen molar-refractivity contribution in [2.45, 2.75) is 26.8 Å². The van der Waals surface area contributed by atoms with Gasteiger partial charge in [0.15, 0.2) is 0 Å². The van der Waals surface area contributed by atoms with E-state index in [9.17, 15) is 0 Å².